The predicted molar refractivity (Wildman–Crippen MR) is 63.9 cm³/mol. The molecule has 1 aliphatic rings. The predicted octanol–water partition coefficient (Wildman–Crippen LogP) is 2.43. The Kier molecular flexibility index (Phi) is 3.47. The molecule has 0 aliphatic carbocycles. The number of hydrogen-bond donors (Lipinski definition) is 1. The lowest BCUT2D eigenvalue weighted by molar-refractivity contribution is 0.279. The van der Waals surface area contributed by atoms with Crippen molar-refractivity contribution in [3.05, 3.63) is 34.6 Å². The van der Waals surface area contributed by atoms with Crippen molar-refractivity contribution in [2.24, 2.45) is 11.7 Å². The first-order chi connectivity index (χ1) is 7.63. The van der Waals surface area contributed by atoms with Crippen LogP contribution >= 0.6 is 11.6 Å². The molecule has 0 amide bonds. The average Bonchev–Trinajstić information content (AvgIpc) is 2.64. The van der Waals surface area contributed by atoms with E-state index in [0.29, 0.717) is 12.5 Å². The summed E-state index contributed by atoms with van der Waals surface area (Å²) in [6, 6.07) is 5.25. The third-order valence-electron chi connectivity index (χ3n) is 3.36. The molecular weight excluding hydrogens is 227 g/mol. The maximum Gasteiger partial charge on any atom is 0.142 e. The molecule has 0 spiro atoms. The van der Waals surface area contributed by atoms with Crippen molar-refractivity contribution in [3.8, 4) is 0 Å². The maximum absolute atomic E-state index is 13.4. The molecular formula is C12H16ClFN2. The zero-order valence-electron chi connectivity index (χ0n) is 9.29. The first kappa shape index (κ1) is 11.8. The molecule has 0 unspecified atom stereocenters. The Morgan fingerprint density at radius 3 is 2.94 bits per heavy atom. The summed E-state index contributed by atoms with van der Waals surface area (Å²) in [4.78, 5) is 2.22. The quantitative estimate of drug-likeness (QED) is 0.863. The molecule has 0 radical (unpaired) electrons. The highest BCUT2D eigenvalue weighted by Gasteiger charge is 2.32. The van der Waals surface area contributed by atoms with Gasteiger partial charge in [-0.25, -0.2) is 4.39 Å². The third kappa shape index (κ3) is 2.08. The molecule has 4 heteroatoms. The highest BCUT2D eigenvalue weighted by Crippen LogP contribution is 2.36. The first-order valence-corrected chi connectivity index (χ1v) is 5.86. The number of halogens is 2. The minimum absolute atomic E-state index is 0.175. The van der Waals surface area contributed by atoms with Crippen LogP contribution in [-0.2, 0) is 0 Å². The van der Waals surface area contributed by atoms with E-state index in [2.05, 4.69) is 4.90 Å². The van der Waals surface area contributed by atoms with Gasteiger partial charge in [0.15, 0.2) is 0 Å². The Labute approximate surface area is 100 Å². The topological polar surface area (TPSA) is 29.3 Å². The van der Waals surface area contributed by atoms with Crippen LogP contribution < -0.4 is 5.73 Å². The van der Waals surface area contributed by atoms with Gasteiger partial charge in [0.05, 0.1) is 5.02 Å². The first-order valence-electron chi connectivity index (χ1n) is 5.48. The second kappa shape index (κ2) is 4.70. The van der Waals surface area contributed by atoms with Gasteiger partial charge >= 0.3 is 0 Å². The molecule has 2 atom stereocenters. The van der Waals surface area contributed by atoms with E-state index >= 15 is 0 Å². The molecule has 0 bridgehead atoms. The van der Waals surface area contributed by atoms with E-state index in [9.17, 15) is 4.39 Å². The van der Waals surface area contributed by atoms with Crippen molar-refractivity contribution in [1.82, 2.24) is 4.90 Å². The smallest absolute Gasteiger partial charge is 0.142 e. The zero-order valence-corrected chi connectivity index (χ0v) is 10.0. The Balaban J connectivity index is 2.31. The van der Waals surface area contributed by atoms with Gasteiger partial charge in [-0.2, -0.15) is 0 Å². The van der Waals surface area contributed by atoms with Crippen molar-refractivity contribution >= 4 is 11.6 Å². The summed E-state index contributed by atoms with van der Waals surface area (Å²) in [5.74, 6) is 0.0563. The second-order valence-electron chi connectivity index (χ2n) is 4.38. The number of rotatable bonds is 2. The van der Waals surface area contributed by atoms with Gasteiger partial charge in [-0.15, -0.1) is 0 Å². The molecule has 2 N–H and O–H groups in total. The fraction of sp³-hybridized carbons (Fsp3) is 0.500. The fourth-order valence-corrected chi connectivity index (χ4v) is 2.61. The molecule has 1 fully saturated rings. The zero-order chi connectivity index (χ0) is 11.7. The Morgan fingerprint density at radius 1 is 1.56 bits per heavy atom. The van der Waals surface area contributed by atoms with Crippen LogP contribution in [0.15, 0.2) is 18.2 Å². The number of benzene rings is 1. The van der Waals surface area contributed by atoms with E-state index in [1.165, 1.54) is 6.07 Å². The second-order valence-corrected chi connectivity index (χ2v) is 4.79. The summed E-state index contributed by atoms with van der Waals surface area (Å²) in [5, 5.41) is 0.175. The number of nitrogens with two attached hydrogens (primary N) is 1. The van der Waals surface area contributed by atoms with Gasteiger partial charge < -0.3 is 5.73 Å². The highest BCUT2D eigenvalue weighted by atomic mass is 35.5. The SMILES string of the molecule is CN1CC[C@H](CN)[C@@H]1c1ccc(Cl)c(F)c1. The van der Waals surface area contributed by atoms with E-state index in [1.807, 2.05) is 13.1 Å². The monoisotopic (exact) mass is 242 g/mol. The summed E-state index contributed by atoms with van der Waals surface area (Å²) in [7, 11) is 2.05. The molecule has 0 aromatic heterocycles. The molecule has 2 rings (SSSR count). The van der Waals surface area contributed by atoms with Crippen LogP contribution in [0.4, 0.5) is 4.39 Å². The van der Waals surface area contributed by atoms with Crippen LogP contribution in [-0.4, -0.2) is 25.0 Å². The van der Waals surface area contributed by atoms with E-state index in [0.717, 1.165) is 18.5 Å². The Hall–Kier alpha value is -0.640. The number of nitrogens with zero attached hydrogens (tertiary/aromatic N) is 1. The van der Waals surface area contributed by atoms with E-state index in [1.54, 1.807) is 6.07 Å². The van der Waals surface area contributed by atoms with Crippen molar-refractivity contribution in [2.75, 3.05) is 20.1 Å². The van der Waals surface area contributed by atoms with Crippen LogP contribution in [0.2, 0.25) is 5.02 Å². The van der Waals surface area contributed by atoms with Gasteiger partial charge in [0.25, 0.3) is 0 Å². The average molecular weight is 243 g/mol. The van der Waals surface area contributed by atoms with Gasteiger partial charge in [-0.3, -0.25) is 4.90 Å². The van der Waals surface area contributed by atoms with Crippen molar-refractivity contribution < 1.29 is 4.39 Å². The van der Waals surface area contributed by atoms with Crippen LogP contribution in [0.1, 0.15) is 18.0 Å². The van der Waals surface area contributed by atoms with Gasteiger partial charge in [-0.1, -0.05) is 17.7 Å². The molecule has 88 valence electrons. The molecule has 2 nitrogen and oxygen atoms in total. The van der Waals surface area contributed by atoms with Crippen molar-refractivity contribution in [1.29, 1.82) is 0 Å². The normalized spacial score (nSPS) is 26.2. The summed E-state index contributed by atoms with van der Waals surface area (Å²) >= 11 is 5.68. The molecule has 1 aromatic rings. The van der Waals surface area contributed by atoms with Gasteiger partial charge in [0.2, 0.25) is 0 Å². The third-order valence-corrected chi connectivity index (χ3v) is 3.67. The van der Waals surface area contributed by atoms with Gasteiger partial charge in [0, 0.05) is 6.04 Å². The summed E-state index contributed by atoms with van der Waals surface area (Å²) in [6.45, 7) is 1.65. The van der Waals surface area contributed by atoms with Crippen molar-refractivity contribution in [2.45, 2.75) is 12.5 Å². The molecule has 1 heterocycles. The summed E-state index contributed by atoms with van der Waals surface area (Å²) < 4.78 is 13.4. The molecule has 1 saturated heterocycles. The maximum atomic E-state index is 13.4. The number of hydrogen-bond acceptors (Lipinski definition) is 2. The van der Waals surface area contributed by atoms with Crippen LogP contribution in [0.25, 0.3) is 0 Å². The number of likely N-dealkylation sites (tertiary alicyclic amines) is 1. The van der Waals surface area contributed by atoms with E-state index in [-0.39, 0.29) is 16.9 Å². The lowest BCUT2D eigenvalue weighted by atomic mass is 9.94. The summed E-state index contributed by atoms with van der Waals surface area (Å²) in [6.07, 6.45) is 1.07. The molecule has 1 aliphatic heterocycles. The van der Waals surface area contributed by atoms with Crippen LogP contribution in [0.5, 0.6) is 0 Å². The van der Waals surface area contributed by atoms with E-state index in [4.69, 9.17) is 17.3 Å². The highest BCUT2D eigenvalue weighted by molar-refractivity contribution is 6.30. The largest absolute Gasteiger partial charge is 0.330 e. The molecule has 1 aromatic carbocycles. The van der Waals surface area contributed by atoms with Crippen LogP contribution in [0, 0.1) is 11.7 Å². The van der Waals surface area contributed by atoms with Gasteiger partial charge in [-0.05, 0) is 50.2 Å². The Morgan fingerprint density at radius 2 is 2.31 bits per heavy atom. The lowest BCUT2D eigenvalue weighted by Crippen LogP contribution is -2.25. The minimum Gasteiger partial charge on any atom is -0.330 e. The van der Waals surface area contributed by atoms with Gasteiger partial charge in [0.1, 0.15) is 5.82 Å². The standard InChI is InChI=1S/C12H16ClFN2/c1-16-5-4-9(7-15)12(16)8-2-3-10(13)11(14)6-8/h2-3,6,9,12H,4-5,7,15H2,1H3/t9-,12+/m1/s1. The van der Waals surface area contributed by atoms with Crippen molar-refractivity contribution in [3.63, 3.8) is 0 Å². The fourth-order valence-electron chi connectivity index (χ4n) is 2.50. The molecule has 16 heavy (non-hydrogen) atoms. The van der Waals surface area contributed by atoms with Crippen LogP contribution in [0.3, 0.4) is 0 Å². The lowest BCUT2D eigenvalue weighted by Gasteiger charge is -2.24. The minimum atomic E-state index is -0.352. The van der Waals surface area contributed by atoms with E-state index < -0.39 is 0 Å². The summed E-state index contributed by atoms with van der Waals surface area (Å²) in [5.41, 5.74) is 6.72. The Bertz CT molecular complexity index is 383. The molecule has 0 saturated carbocycles.